The first-order chi connectivity index (χ1) is 26.8. The first-order valence-electron chi connectivity index (χ1n) is 18.4. The minimum Gasteiger partial charge on any atom is -0.456 e. The van der Waals surface area contributed by atoms with E-state index in [4.69, 9.17) is 4.42 Å². The molecule has 0 bridgehead atoms. The van der Waals surface area contributed by atoms with Crippen molar-refractivity contribution in [1.29, 1.82) is 0 Å². The summed E-state index contributed by atoms with van der Waals surface area (Å²) in [5.74, 6) is 0. The maximum absolute atomic E-state index is 6.37. The van der Waals surface area contributed by atoms with Crippen LogP contribution in [-0.2, 0) is 0 Å². The molecule has 10 rings (SSSR count). The molecule has 1 aromatic heterocycles. The Balaban J connectivity index is 1.07. The number of hydrogen-bond acceptors (Lipinski definition) is 2. The number of fused-ring (bicyclic) bond motifs is 4. The van der Waals surface area contributed by atoms with E-state index in [1.807, 2.05) is 12.1 Å². The summed E-state index contributed by atoms with van der Waals surface area (Å²) < 4.78 is 6.37. The SMILES string of the molecule is c1ccc(-c2ccc(-c3ccc(N(c4ccc(-c5cc(-c6ccccc6)c6ccccc6c5)cc4)c4cccc5oc6ccccc6c45)cc3)cc2)cc1. The van der Waals surface area contributed by atoms with Crippen molar-refractivity contribution in [3.8, 4) is 44.5 Å². The first kappa shape index (κ1) is 31.6. The molecule has 254 valence electrons. The fourth-order valence-electron chi connectivity index (χ4n) is 7.79. The Labute approximate surface area is 314 Å². The molecule has 0 unspecified atom stereocenters. The van der Waals surface area contributed by atoms with E-state index in [1.54, 1.807) is 0 Å². The molecule has 0 spiro atoms. The van der Waals surface area contributed by atoms with E-state index in [1.165, 1.54) is 55.3 Å². The first-order valence-corrected chi connectivity index (χ1v) is 18.4. The third-order valence-electron chi connectivity index (χ3n) is 10.5. The zero-order valence-corrected chi connectivity index (χ0v) is 29.6. The van der Waals surface area contributed by atoms with Crippen molar-refractivity contribution in [3.05, 3.63) is 212 Å². The third-order valence-corrected chi connectivity index (χ3v) is 10.5. The molecule has 0 saturated carbocycles. The maximum Gasteiger partial charge on any atom is 0.137 e. The molecule has 10 aromatic rings. The average Bonchev–Trinajstić information content (AvgIpc) is 3.64. The molecule has 0 amide bonds. The zero-order chi connectivity index (χ0) is 35.8. The fraction of sp³-hybridized carbons (Fsp3) is 0. The highest BCUT2D eigenvalue weighted by Gasteiger charge is 2.20. The summed E-state index contributed by atoms with van der Waals surface area (Å²) in [5, 5.41) is 4.68. The van der Waals surface area contributed by atoms with Crippen molar-refractivity contribution in [1.82, 2.24) is 0 Å². The van der Waals surface area contributed by atoms with Crippen LogP contribution in [0.15, 0.2) is 217 Å². The Hall–Kier alpha value is -7.16. The summed E-state index contributed by atoms with van der Waals surface area (Å²) in [4.78, 5) is 2.35. The molecular formula is C52H35NO. The second kappa shape index (κ2) is 13.4. The van der Waals surface area contributed by atoms with Gasteiger partial charge < -0.3 is 9.32 Å². The van der Waals surface area contributed by atoms with Crippen molar-refractivity contribution in [2.45, 2.75) is 0 Å². The van der Waals surface area contributed by atoms with Gasteiger partial charge in [0.2, 0.25) is 0 Å². The van der Waals surface area contributed by atoms with Gasteiger partial charge in [-0.3, -0.25) is 0 Å². The standard InChI is InChI=1S/C52H35NO/c1-3-12-36(13-4-1)37-22-24-38(25-23-37)39-26-30-44(31-27-39)53(49-19-11-21-51-52(49)47-18-9-10-20-50(47)54-51)45-32-28-40(29-33-45)43-34-42-16-7-8-17-46(42)48(35-43)41-14-5-2-6-15-41/h1-35H. The third kappa shape index (κ3) is 5.71. The Morgan fingerprint density at radius 1 is 0.315 bits per heavy atom. The van der Waals surface area contributed by atoms with Crippen molar-refractivity contribution in [2.75, 3.05) is 4.90 Å². The van der Waals surface area contributed by atoms with Crippen LogP contribution in [0, 0.1) is 0 Å². The van der Waals surface area contributed by atoms with E-state index in [0.717, 1.165) is 39.0 Å². The van der Waals surface area contributed by atoms with Crippen molar-refractivity contribution >= 4 is 49.8 Å². The predicted molar refractivity (Wildman–Crippen MR) is 228 cm³/mol. The minimum absolute atomic E-state index is 0.870. The summed E-state index contributed by atoms with van der Waals surface area (Å²) in [7, 11) is 0. The highest BCUT2D eigenvalue weighted by molar-refractivity contribution is 6.13. The zero-order valence-electron chi connectivity index (χ0n) is 29.6. The normalized spacial score (nSPS) is 11.3. The highest BCUT2D eigenvalue weighted by Crippen LogP contribution is 2.44. The van der Waals surface area contributed by atoms with E-state index in [9.17, 15) is 0 Å². The second-order valence-corrected chi connectivity index (χ2v) is 13.7. The molecule has 1 heterocycles. The van der Waals surface area contributed by atoms with Gasteiger partial charge in [0.1, 0.15) is 11.2 Å². The van der Waals surface area contributed by atoms with Gasteiger partial charge in [0.25, 0.3) is 0 Å². The molecule has 0 fully saturated rings. The van der Waals surface area contributed by atoms with Gasteiger partial charge in [0, 0.05) is 16.8 Å². The van der Waals surface area contributed by atoms with Crippen LogP contribution < -0.4 is 4.90 Å². The van der Waals surface area contributed by atoms with E-state index in [2.05, 4.69) is 205 Å². The Morgan fingerprint density at radius 3 is 1.44 bits per heavy atom. The summed E-state index contributed by atoms with van der Waals surface area (Å²) in [5.41, 5.74) is 14.6. The lowest BCUT2D eigenvalue weighted by Gasteiger charge is -2.26. The predicted octanol–water partition coefficient (Wildman–Crippen LogP) is 14.9. The molecule has 0 atom stereocenters. The molecule has 0 aliphatic heterocycles. The Morgan fingerprint density at radius 2 is 0.796 bits per heavy atom. The van der Waals surface area contributed by atoms with Crippen LogP contribution in [0.4, 0.5) is 17.1 Å². The van der Waals surface area contributed by atoms with Gasteiger partial charge in [-0.2, -0.15) is 0 Å². The topological polar surface area (TPSA) is 16.4 Å². The molecule has 54 heavy (non-hydrogen) atoms. The van der Waals surface area contributed by atoms with Crippen LogP contribution in [0.25, 0.3) is 77.2 Å². The quantitative estimate of drug-likeness (QED) is 0.166. The van der Waals surface area contributed by atoms with Crippen LogP contribution in [-0.4, -0.2) is 0 Å². The lowest BCUT2D eigenvalue weighted by molar-refractivity contribution is 0.669. The summed E-state index contributed by atoms with van der Waals surface area (Å²) >= 11 is 0. The number of benzene rings is 9. The summed E-state index contributed by atoms with van der Waals surface area (Å²) in [6.45, 7) is 0. The van der Waals surface area contributed by atoms with Crippen LogP contribution >= 0.6 is 0 Å². The van der Waals surface area contributed by atoms with Gasteiger partial charge in [-0.05, 0) is 110 Å². The van der Waals surface area contributed by atoms with Crippen LogP contribution in [0.1, 0.15) is 0 Å². The van der Waals surface area contributed by atoms with Gasteiger partial charge in [-0.25, -0.2) is 0 Å². The van der Waals surface area contributed by atoms with Crippen molar-refractivity contribution < 1.29 is 4.42 Å². The molecule has 9 aromatic carbocycles. The lowest BCUT2D eigenvalue weighted by Crippen LogP contribution is -2.10. The lowest BCUT2D eigenvalue weighted by atomic mass is 9.93. The molecule has 0 saturated heterocycles. The second-order valence-electron chi connectivity index (χ2n) is 13.7. The Kier molecular flexibility index (Phi) is 7.85. The van der Waals surface area contributed by atoms with Crippen LogP contribution in [0.5, 0.6) is 0 Å². The summed E-state index contributed by atoms with van der Waals surface area (Å²) in [6.07, 6.45) is 0. The van der Waals surface area contributed by atoms with Crippen molar-refractivity contribution in [2.24, 2.45) is 0 Å². The fourth-order valence-corrected chi connectivity index (χ4v) is 7.79. The molecule has 0 radical (unpaired) electrons. The number of rotatable bonds is 7. The Bertz CT molecular complexity index is 2890. The molecule has 2 heteroatoms. The number of nitrogens with zero attached hydrogens (tertiary/aromatic N) is 1. The van der Waals surface area contributed by atoms with Gasteiger partial charge in [-0.1, -0.05) is 158 Å². The van der Waals surface area contributed by atoms with Crippen molar-refractivity contribution in [3.63, 3.8) is 0 Å². The van der Waals surface area contributed by atoms with Gasteiger partial charge in [0.05, 0.1) is 11.1 Å². The number of para-hydroxylation sites is 1. The number of hydrogen-bond donors (Lipinski definition) is 0. The monoisotopic (exact) mass is 689 g/mol. The number of anilines is 3. The van der Waals surface area contributed by atoms with E-state index in [0.29, 0.717) is 0 Å². The highest BCUT2D eigenvalue weighted by atomic mass is 16.3. The minimum atomic E-state index is 0.870. The van der Waals surface area contributed by atoms with E-state index >= 15 is 0 Å². The van der Waals surface area contributed by atoms with E-state index < -0.39 is 0 Å². The largest absolute Gasteiger partial charge is 0.456 e. The number of furan rings is 1. The summed E-state index contributed by atoms with van der Waals surface area (Å²) in [6, 6.07) is 75.9. The molecule has 0 aliphatic carbocycles. The van der Waals surface area contributed by atoms with Gasteiger partial charge in [0.15, 0.2) is 0 Å². The maximum atomic E-state index is 6.37. The molecule has 0 N–H and O–H groups in total. The van der Waals surface area contributed by atoms with Gasteiger partial charge in [-0.15, -0.1) is 0 Å². The molecular weight excluding hydrogens is 655 g/mol. The molecule has 2 nitrogen and oxygen atoms in total. The van der Waals surface area contributed by atoms with Crippen LogP contribution in [0.2, 0.25) is 0 Å². The average molecular weight is 690 g/mol. The smallest absolute Gasteiger partial charge is 0.137 e. The van der Waals surface area contributed by atoms with Gasteiger partial charge >= 0.3 is 0 Å². The van der Waals surface area contributed by atoms with E-state index in [-0.39, 0.29) is 0 Å². The molecule has 0 aliphatic rings. The van der Waals surface area contributed by atoms with Crippen LogP contribution in [0.3, 0.4) is 0 Å².